The van der Waals surface area contributed by atoms with E-state index in [4.69, 9.17) is 0 Å². The lowest BCUT2D eigenvalue weighted by atomic mass is 9.60. The Bertz CT molecular complexity index is 360. The van der Waals surface area contributed by atoms with Crippen LogP contribution in [0.25, 0.3) is 0 Å². The SMILES string of the molecule is CCC(C)(C)CC(C)C(C)CCCC(C)(CC1CC1)C(C)(C)CC. The van der Waals surface area contributed by atoms with E-state index in [1.165, 1.54) is 57.8 Å². The van der Waals surface area contributed by atoms with Crippen molar-refractivity contribution >= 4 is 0 Å². The van der Waals surface area contributed by atoms with E-state index in [-0.39, 0.29) is 0 Å². The summed E-state index contributed by atoms with van der Waals surface area (Å²) < 4.78 is 0. The van der Waals surface area contributed by atoms with Crippen LogP contribution in [-0.4, -0.2) is 0 Å². The van der Waals surface area contributed by atoms with Gasteiger partial charge in [-0.1, -0.05) is 101 Å². The second kappa shape index (κ2) is 8.59. The lowest BCUT2D eigenvalue weighted by Crippen LogP contribution is -2.35. The van der Waals surface area contributed by atoms with Crippen molar-refractivity contribution in [3.8, 4) is 0 Å². The first-order valence-corrected chi connectivity index (χ1v) is 11.0. The fourth-order valence-electron chi connectivity index (χ4n) is 4.42. The predicted octanol–water partition coefficient (Wildman–Crippen LogP) is 8.50. The van der Waals surface area contributed by atoms with Crippen LogP contribution in [0.1, 0.15) is 120 Å². The third-order valence-corrected chi connectivity index (χ3v) is 8.14. The van der Waals surface area contributed by atoms with Crippen LogP contribution in [0.4, 0.5) is 0 Å². The van der Waals surface area contributed by atoms with Gasteiger partial charge in [0, 0.05) is 0 Å². The van der Waals surface area contributed by atoms with Crippen LogP contribution in [0.3, 0.4) is 0 Å². The molecule has 0 heterocycles. The van der Waals surface area contributed by atoms with Crippen molar-refractivity contribution in [2.75, 3.05) is 0 Å². The summed E-state index contributed by atoms with van der Waals surface area (Å²) in [7, 11) is 0. The molecule has 1 saturated carbocycles. The molecule has 0 nitrogen and oxygen atoms in total. The molecule has 0 aromatic heterocycles. The zero-order valence-corrected chi connectivity index (χ0v) is 18.6. The Balaban J connectivity index is 2.52. The highest BCUT2D eigenvalue weighted by Crippen LogP contribution is 2.53. The minimum absolute atomic E-state index is 0.481. The van der Waals surface area contributed by atoms with E-state index >= 15 is 0 Å². The molecule has 0 amide bonds. The largest absolute Gasteiger partial charge is 0.0649 e. The number of hydrogen-bond donors (Lipinski definition) is 0. The molecule has 0 heteroatoms. The lowest BCUT2D eigenvalue weighted by Gasteiger charge is -2.45. The van der Waals surface area contributed by atoms with Crippen LogP contribution in [0.5, 0.6) is 0 Å². The van der Waals surface area contributed by atoms with E-state index in [2.05, 4.69) is 62.3 Å². The highest BCUT2D eigenvalue weighted by Gasteiger charge is 2.42. The van der Waals surface area contributed by atoms with Crippen molar-refractivity contribution in [2.24, 2.45) is 34.0 Å². The Morgan fingerprint density at radius 1 is 0.875 bits per heavy atom. The smallest absolute Gasteiger partial charge is 0.0272 e. The molecule has 1 aliphatic carbocycles. The van der Waals surface area contributed by atoms with Crippen molar-refractivity contribution in [1.29, 1.82) is 0 Å². The van der Waals surface area contributed by atoms with Gasteiger partial charge in [0.1, 0.15) is 0 Å². The summed E-state index contributed by atoms with van der Waals surface area (Å²) in [6.07, 6.45) is 12.7. The highest BCUT2D eigenvalue weighted by atomic mass is 14.5. The van der Waals surface area contributed by atoms with Crippen LogP contribution in [0.15, 0.2) is 0 Å². The minimum Gasteiger partial charge on any atom is -0.0649 e. The fraction of sp³-hybridized carbons (Fsp3) is 1.00. The summed E-state index contributed by atoms with van der Waals surface area (Å²) in [5.41, 5.74) is 1.53. The van der Waals surface area contributed by atoms with Crippen molar-refractivity contribution in [1.82, 2.24) is 0 Å². The van der Waals surface area contributed by atoms with Gasteiger partial charge >= 0.3 is 0 Å². The first-order chi connectivity index (χ1) is 11.0. The third kappa shape index (κ3) is 6.38. The minimum atomic E-state index is 0.481. The van der Waals surface area contributed by atoms with Gasteiger partial charge in [0.15, 0.2) is 0 Å². The molecule has 24 heavy (non-hydrogen) atoms. The molecule has 0 bridgehead atoms. The van der Waals surface area contributed by atoms with Gasteiger partial charge < -0.3 is 0 Å². The van der Waals surface area contributed by atoms with Gasteiger partial charge in [-0.3, -0.25) is 0 Å². The first kappa shape index (κ1) is 22.0. The Morgan fingerprint density at radius 3 is 1.92 bits per heavy atom. The second-order valence-electron chi connectivity index (χ2n) is 11.0. The maximum Gasteiger partial charge on any atom is -0.0272 e. The Hall–Kier alpha value is 0. The van der Waals surface area contributed by atoms with Gasteiger partial charge in [0.2, 0.25) is 0 Å². The van der Waals surface area contributed by atoms with Gasteiger partial charge in [-0.05, 0) is 53.3 Å². The molecular formula is C24H48. The van der Waals surface area contributed by atoms with Crippen molar-refractivity contribution in [3.63, 3.8) is 0 Å². The topological polar surface area (TPSA) is 0 Å². The monoisotopic (exact) mass is 336 g/mol. The van der Waals surface area contributed by atoms with Crippen LogP contribution >= 0.6 is 0 Å². The van der Waals surface area contributed by atoms with Gasteiger partial charge in [0.25, 0.3) is 0 Å². The summed E-state index contributed by atoms with van der Waals surface area (Å²) in [5, 5.41) is 0. The molecule has 1 fully saturated rings. The van der Waals surface area contributed by atoms with E-state index in [0.29, 0.717) is 16.2 Å². The standard InChI is InChI=1S/C24H48/c1-10-22(5,6)17-20(4)19(3)13-12-16-24(9,18-21-14-15-21)23(7,8)11-2/h19-21H,10-18H2,1-9H3. The Morgan fingerprint density at radius 2 is 1.46 bits per heavy atom. The lowest BCUT2D eigenvalue weighted by molar-refractivity contribution is 0.0508. The molecule has 0 aromatic carbocycles. The first-order valence-electron chi connectivity index (χ1n) is 11.0. The molecular weight excluding hydrogens is 288 g/mol. The maximum absolute atomic E-state index is 2.60. The Kier molecular flexibility index (Phi) is 7.89. The molecule has 0 aromatic rings. The summed E-state index contributed by atoms with van der Waals surface area (Å²) in [6.45, 7) is 22.2. The average Bonchev–Trinajstić information content (AvgIpc) is 3.30. The molecule has 0 spiro atoms. The summed E-state index contributed by atoms with van der Waals surface area (Å²) in [5.74, 6) is 2.77. The number of rotatable bonds is 12. The second-order valence-corrected chi connectivity index (χ2v) is 11.0. The quantitative estimate of drug-likeness (QED) is 0.335. The predicted molar refractivity (Wildman–Crippen MR) is 110 cm³/mol. The maximum atomic E-state index is 2.60. The van der Waals surface area contributed by atoms with Crippen molar-refractivity contribution in [3.05, 3.63) is 0 Å². The van der Waals surface area contributed by atoms with Gasteiger partial charge in [0.05, 0.1) is 0 Å². The number of hydrogen-bond acceptors (Lipinski definition) is 0. The molecule has 3 atom stereocenters. The fourth-order valence-corrected chi connectivity index (χ4v) is 4.42. The normalized spacial score (nSPS) is 21.4. The highest BCUT2D eigenvalue weighted by molar-refractivity contribution is 4.93. The molecule has 144 valence electrons. The van der Waals surface area contributed by atoms with E-state index in [9.17, 15) is 0 Å². The molecule has 0 radical (unpaired) electrons. The molecule has 1 aliphatic rings. The zero-order chi connectivity index (χ0) is 18.6. The zero-order valence-electron chi connectivity index (χ0n) is 18.6. The van der Waals surface area contributed by atoms with Crippen LogP contribution in [0, 0.1) is 34.0 Å². The summed E-state index contributed by atoms with van der Waals surface area (Å²) in [6, 6.07) is 0. The van der Waals surface area contributed by atoms with E-state index in [0.717, 1.165) is 17.8 Å². The summed E-state index contributed by atoms with van der Waals surface area (Å²) >= 11 is 0. The Labute approximate surface area is 154 Å². The van der Waals surface area contributed by atoms with Crippen molar-refractivity contribution < 1.29 is 0 Å². The molecule has 3 unspecified atom stereocenters. The summed E-state index contributed by atoms with van der Waals surface area (Å²) in [4.78, 5) is 0. The molecule has 0 aliphatic heterocycles. The third-order valence-electron chi connectivity index (χ3n) is 8.14. The van der Waals surface area contributed by atoms with E-state index in [1.54, 1.807) is 0 Å². The van der Waals surface area contributed by atoms with Crippen LogP contribution in [0.2, 0.25) is 0 Å². The average molecular weight is 337 g/mol. The van der Waals surface area contributed by atoms with E-state index in [1.807, 2.05) is 0 Å². The molecule has 1 rings (SSSR count). The van der Waals surface area contributed by atoms with Crippen LogP contribution < -0.4 is 0 Å². The van der Waals surface area contributed by atoms with Crippen LogP contribution in [-0.2, 0) is 0 Å². The van der Waals surface area contributed by atoms with Gasteiger partial charge in [-0.15, -0.1) is 0 Å². The van der Waals surface area contributed by atoms with Gasteiger partial charge in [-0.2, -0.15) is 0 Å². The molecule has 0 N–H and O–H groups in total. The van der Waals surface area contributed by atoms with Crippen molar-refractivity contribution in [2.45, 2.75) is 120 Å². The van der Waals surface area contributed by atoms with Gasteiger partial charge in [-0.25, -0.2) is 0 Å². The molecule has 0 saturated heterocycles. The van der Waals surface area contributed by atoms with E-state index < -0.39 is 0 Å².